The minimum atomic E-state index is -3.14. The zero-order chi connectivity index (χ0) is 18.8. The lowest BCUT2D eigenvalue weighted by atomic mass is 9.94. The third-order valence-corrected chi connectivity index (χ3v) is 4.96. The van der Waals surface area contributed by atoms with E-state index in [2.05, 4.69) is 0 Å². The highest BCUT2D eigenvalue weighted by Gasteiger charge is 2.31. The van der Waals surface area contributed by atoms with Crippen LogP contribution in [0, 0.1) is 5.41 Å². The molecule has 0 atom stereocenters. The van der Waals surface area contributed by atoms with Crippen molar-refractivity contribution in [2.24, 2.45) is 5.41 Å². The van der Waals surface area contributed by atoms with Crippen LogP contribution in [0.1, 0.15) is 36.7 Å². The third-order valence-electron chi connectivity index (χ3n) is 4.10. The van der Waals surface area contributed by atoms with Gasteiger partial charge in [0.2, 0.25) is 5.91 Å². The SMILES string of the molecule is CC(C)(C)C(=O)N1CCN(C(=O)c2cccc(CS(C)(=O)=O)c2)CC1. The molecule has 0 unspecified atom stereocenters. The molecule has 0 saturated carbocycles. The van der Waals surface area contributed by atoms with Crippen LogP contribution in [-0.2, 0) is 20.4 Å². The molecule has 0 aliphatic carbocycles. The van der Waals surface area contributed by atoms with Crippen molar-refractivity contribution in [1.82, 2.24) is 9.80 Å². The van der Waals surface area contributed by atoms with Gasteiger partial charge in [0.05, 0.1) is 5.75 Å². The first-order valence-corrected chi connectivity index (χ1v) is 10.4. The third kappa shape index (κ3) is 5.29. The zero-order valence-corrected chi connectivity index (χ0v) is 16.1. The fourth-order valence-corrected chi connectivity index (χ4v) is 3.65. The van der Waals surface area contributed by atoms with Crippen molar-refractivity contribution in [2.45, 2.75) is 26.5 Å². The number of hydrogen-bond acceptors (Lipinski definition) is 4. The molecule has 1 heterocycles. The van der Waals surface area contributed by atoms with Gasteiger partial charge in [0.25, 0.3) is 5.91 Å². The summed E-state index contributed by atoms with van der Waals surface area (Å²) in [5.41, 5.74) is 0.665. The molecule has 1 saturated heterocycles. The Kier molecular flexibility index (Phi) is 5.56. The Hall–Kier alpha value is -1.89. The van der Waals surface area contributed by atoms with Gasteiger partial charge in [-0.2, -0.15) is 0 Å². The van der Waals surface area contributed by atoms with E-state index < -0.39 is 15.3 Å². The predicted molar refractivity (Wildman–Crippen MR) is 96.9 cm³/mol. The Morgan fingerprint density at radius 1 is 1.04 bits per heavy atom. The summed E-state index contributed by atoms with van der Waals surface area (Å²) in [7, 11) is -3.14. The van der Waals surface area contributed by atoms with Crippen LogP contribution in [0.25, 0.3) is 0 Å². The van der Waals surface area contributed by atoms with Gasteiger partial charge in [-0.25, -0.2) is 8.42 Å². The Balaban J connectivity index is 2.03. The maximum Gasteiger partial charge on any atom is 0.253 e. The highest BCUT2D eigenvalue weighted by atomic mass is 32.2. The van der Waals surface area contributed by atoms with E-state index in [0.29, 0.717) is 37.3 Å². The Morgan fingerprint density at radius 2 is 1.60 bits per heavy atom. The molecule has 0 spiro atoms. The normalized spacial score (nSPS) is 16.0. The smallest absolute Gasteiger partial charge is 0.253 e. The van der Waals surface area contributed by atoms with Gasteiger partial charge in [-0.1, -0.05) is 32.9 Å². The number of rotatable bonds is 3. The minimum absolute atomic E-state index is 0.0814. The summed E-state index contributed by atoms with van der Waals surface area (Å²) >= 11 is 0. The molecule has 0 N–H and O–H groups in total. The highest BCUT2D eigenvalue weighted by molar-refractivity contribution is 7.89. The van der Waals surface area contributed by atoms with E-state index in [1.54, 1.807) is 34.1 Å². The summed E-state index contributed by atoms with van der Waals surface area (Å²) in [5.74, 6) is -0.116. The molecule has 0 radical (unpaired) electrons. The summed E-state index contributed by atoms with van der Waals surface area (Å²) in [6.45, 7) is 7.67. The number of nitrogens with zero attached hydrogens (tertiary/aromatic N) is 2. The fourth-order valence-electron chi connectivity index (χ4n) is 2.87. The van der Waals surface area contributed by atoms with Crippen molar-refractivity contribution in [1.29, 1.82) is 0 Å². The Morgan fingerprint density at radius 3 is 2.12 bits per heavy atom. The average Bonchev–Trinajstić information content (AvgIpc) is 2.51. The molecule has 7 heteroatoms. The van der Waals surface area contributed by atoms with Crippen molar-refractivity contribution < 1.29 is 18.0 Å². The molecule has 1 aliphatic heterocycles. The van der Waals surface area contributed by atoms with Crippen LogP contribution in [0.3, 0.4) is 0 Å². The number of amides is 2. The van der Waals surface area contributed by atoms with E-state index >= 15 is 0 Å². The van der Waals surface area contributed by atoms with Crippen LogP contribution in [0.2, 0.25) is 0 Å². The van der Waals surface area contributed by atoms with E-state index in [9.17, 15) is 18.0 Å². The predicted octanol–water partition coefficient (Wildman–Crippen LogP) is 1.56. The second kappa shape index (κ2) is 7.15. The van der Waals surface area contributed by atoms with Gasteiger partial charge in [0, 0.05) is 43.4 Å². The van der Waals surface area contributed by atoms with Gasteiger partial charge in [-0.3, -0.25) is 9.59 Å². The molecule has 2 amide bonds. The molecular formula is C18H26N2O4S. The van der Waals surface area contributed by atoms with E-state index in [-0.39, 0.29) is 17.6 Å². The summed E-state index contributed by atoms with van der Waals surface area (Å²) in [5, 5.41) is 0. The maximum absolute atomic E-state index is 12.7. The van der Waals surface area contributed by atoms with Crippen LogP contribution in [0.15, 0.2) is 24.3 Å². The highest BCUT2D eigenvalue weighted by Crippen LogP contribution is 2.19. The number of hydrogen-bond donors (Lipinski definition) is 0. The molecule has 25 heavy (non-hydrogen) atoms. The van der Waals surface area contributed by atoms with Crippen molar-refractivity contribution in [3.63, 3.8) is 0 Å². The largest absolute Gasteiger partial charge is 0.339 e. The van der Waals surface area contributed by atoms with Gasteiger partial charge in [-0.15, -0.1) is 0 Å². The Labute approximate surface area is 149 Å². The fraction of sp³-hybridized carbons (Fsp3) is 0.556. The molecule has 1 aromatic rings. The van der Waals surface area contributed by atoms with Crippen molar-refractivity contribution >= 4 is 21.7 Å². The van der Waals surface area contributed by atoms with E-state index in [1.807, 2.05) is 20.8 Å². The van der Waals surface area contributed by atoms with E-state index in [0.717, 1.165) is 0 Å². The number of piperazine rings is 1. The van der Waals surface area contributed by atoms with Crippen LogP contribution in [0.4, 0.5) is 0 Å². The minimum Gasteiger partial charge on any atom is -0.339 e. The van der Waals surface area contributed by atoms with E-state index in [1.165, 1.54) is 6.26 Å². The van der Waals surface area contributed by atoms with Crippen LogP contribution in [0.5, 0.6) is 0 Å². The quantitative estimate of drug-likeness (QED) is 0.814. The lowest BCUT2D eigenvalue weighted by Crippen LogP contribution is -2.53. The lowest BCUT2D eigenvalue weighted by Gasteiger charge is -2.37. The van der Waals surface area contributed by atoms with Gasteiger partial charge in [0.15, 0.2) is 9.84 Å². The number of carbonyl (C=O) groups is 2. The first-order valence-electron chi connectivity index (χ1n) is 8.33. The molecule has 1 aliphatic rings. The number of benzene rings is 1. The monoisotopic (exact) mass is 366 g/mol. The standard InChI is InChI=1S/C18H26N2O4S/c1-18(2,3)17(22)20-10-8-19(9-11-20)16(21)15-7-5-6-14(12-15)13-25(4,23)24/h5-7,12H,8-11,13H2,1-4H3. The van der Waals surface area contributed by atoms with Gasteiger partial charge >= 0.3 is 0 Å². The topological polar surface area (TPSA) is 74.8 Å². The molecular weight excluding hydrogens is 340 g/mol. The molecule has 138 valence electrons. The first-order chi connectivity index (χ1) is 11.5. The summed E-state index contributed by atoms with van der Waals surface area (Å²) in [6, 6.07) is 6.74. The maximum atomic E-state index is 12.7. The average molecular weight is 366 g/mol. The van der Waals surface area contributed by atoms with Crippen molar-refractivity contribution in [3.05, 3.63) is 35.4 Å². The number of carbonyl (C=O) groups excluding carboxylic acids is 2. The van der Waals surface area contributed by atoms with Gasteiger partial charge in [0.1, 0.15) is 0 Å². The summed E-state index contributed by atoms with van der Waals surface area (Å²) in [4.78, 5) is 28.5. The zero-order valence-electron chi connectivity index (χ0n) is 15.3. The molecule has 1 fully saturated rings. The Bertz CT molecular complexity index is 758. The van der Waals surface area contributed by atoms with Crippen LogP contribution in [-0.4, -0.2) is 62.5 Å². The van der Waals surface area contributed by atoms with Crippen LogP contribution >= 0.6 is 0 Å². The van der Waals surface area contributed by atoms with Crippen molar-refractivity contribution in [3.8, 4) is 0 Å². The van der Waals surface area contributed by atoms with Crippen molar-refractivity contribution in [2.75, 3.05) is 32.4 Å². The molecule has 1 aromatic carbocycles. The van der Waals surface area contributed by atoms with E-state index in [4.69, 9.17) is 0 Å². The first kappa shape index (κ1) is 19.4. The molecule has 0 bridgehead atoms. The molecule has 0 aromatic heterocycles. The van der Waals surface area contributed by atoms with Gasteiger partial charge in [-0.05, 0) is 17.7 Å². The second-order valence-electron chi connectivity index (χ2n) is 7.60. The summed E-state index contributed by atoms with van der Waals surface area (Å²) < 4.78 is 22.9. The molecule has 6 nitrogen and oxygen atoms in total. The lowest BCUT2D eigenvalue weighted by molar-refractivity contribution is -0.140. The van der Waals surface area contributed by atoms with Crippen LogP contribution < -0.4 is 0 Å². The number of sulfone groups is 1. The molecule has 2 rings (SSSR count). The van der Waals surface area contributed by atoms with Gasteiger partial charge < -0.3 is 9.80 Å². The summed E-state index contributed by atoms with van der Waals surface area (Å²) in [6.07, 6.45) is 1.17. The second-order valence-corrected chi connectivity index (χ2v) is 9.75.